The van der Waals surface area contributed by atoms with E-state index in [1.165, 1.54) is 0 Å². The number of rotatable bonds is 5. The van der Waals surface area contributed by atoms with Crippen molar-refractivity contribution in [2.24, 2.45) is 4.99 Å². The van der Waals surface area contributed by atoms with Gasteiger partial charge < -0.3 is 15.5 Å². The normalized spacial score (nSPS) is 11.1. The topological polar surface area (TPSA) is 56.7 Å². The molecule has 0 radical (unpaired) electrons. The molecule has 0 heterocycles. The Morgan fingerprint density at radius 1 is 1.30 bits per heavy atom. The number of hydrogen-bond donors (Lipinski definition) is 2. The van der Waals surface area contributed by atoms with E-state index in [-0.39, 0.29) is 5.91 Å². The fourth-order valence-electron chi connectivity index (χ4n) is 1.55. The Labute approximate surface area is 125 Å². The maximum Gasteiger partial charge on any atom is 0.223 e. The minimum Gasteiger partial charge on any atom is -0.356 e. The summed E-state index contributed by atoms with van der Waals surface area (Å²) >= 11 is 6.08. The van der Waals surface area contributed by atoms with Gasteiger partial charge in [0.25, 0.3) is 0 Å². The average molecular weight is 297 g/mol. The molecule has 110 valence electrons. The number of hydrogen-bond acceptors (Lipinski definition) is 2. The number of nitrogens with one attached hydrogen (secondary N) is 2. The number of carbonyl (C=O) groups excluding carboxylic acids is 1. The molecule has 1 aromatic carbocycles. The van der Waals surface area contributed by atoms with Gasteiger partial charge in [0.15, 0.2) is 5.96 Å². The lowest BCUT2D eigenvalue weighted by atomic mass is 10.2. The van der Waals surface area contributed by atoms with Crippen LogP contribution in [0.5, 0.6) is 0 Å². The lowest BCUT2D eigenvalue weighted by molar-refractivity contribution is -0.128. The van der Waals surface area contributed by atoms with Crippen LogP contribution < -0.4 is 10.6 Å². The van der Waals surface area contributed by atoms with E-state index in [0.717, 1.165) is 10.6 Å². The highest BCUT2D eigenvalue weighted by atomic mass is 35.5. The number of amides is 1. The van der Waals surface area contributed by atoms with Crippen molar-refractivity contribution in [3.8, 4) is 0 Å². The average Bonchev–Trinajstić information content (AvgIpc) is 2.43. The Balaban J connectivity index is 2.38. The molecule has 0 atom stereocenters. The number of benzene rings is 1. The van der Waals surface area contributed by atoms with Gasteiger partial charge >= 0.3 is 0 Å². The third kappa shape index (κ3) is 5.48. The van der Waals surface area contributed by atoms with E-state index in [1.807, 2.05) is 24.3 Å². The van der Waals surface area contributed by atoms with Crippen LogP contribution in [0.25, 0.3) is 0 Å². The van der Waals surface area contributed by atoms with Crippen LogP contribution in [0.3, 0.4) is 0 Å². The molecule has 0 aromatic heterocycles. The molecule has 0 aliphatic heterocycles. The van der Waals surface area contributed by atoms with Crippen molar-refractivity contribution >= 4 is 23.5 Å². The molecular formula is C14H21ClN4O. The number of aliphatic imine (C=N–C) groups is 1. The number of nitrogens with zero attached hydrogens (tertiary/aromatic N) is 2. The Hall–Kier alpha value is -1.75. The van der Waals surface area contributed by atoms with Gasteiger partial charge in [0.05, 0.1) is 0 Å². The summed E-state index contributed by atoms with van der Waals surface area (Å²) in [7, 11) is 5.18. The standard InChI is InChI=1S/C14H21ClN4O/c1-16-14(17-9-8-13(20)19(2)3)18-10-11-6-4-5-7-12(11)15/h4-7H,8-10H2,1-3H3,(H2,16,17,18). The van der Waals surface area contributed by atoms with Gasteiger partial charge in [-0.1, -0.05) is 29.8 Å². The van der Waals surface area contributed by atoms with Crippen molar-refractivity contribution in [1.29, 1.82) is 0 Å². The summed E-state index contributed by atoms with van der Waals surface area (Å²) in [5.74, 6) is 0.732. The molecule has 0 bridgehead atoms. The van der Waals surface area contributed by atoms with E-state index >= 15 is 0 Å². The number of halogens is 1. The van der Waals surface area contributed by atoms with Crippen LogP contribution in [0.1, 0.15) is 12.0 Å². The van der Waals surface area contributed by atoms with Crippen molar-refractivity contribution in [3.05, 3.63) is 34.9 Å². The molecule has 0 unspecified atom stereocenters. The summed E-state index contributed by atoms with van der Waals surface area (Å²) in [4.78, 5) is 17.1. The van der Waals surface area contributed by atoms with Crippen LogP contribution >= 0.6 is 11.6 Å². The zero-order chi connectivity index (χ0) is 15.0. The fourth-order valence-corrected chi connectivity index (χ4v) is 1.76. The largest absolute Gasteiger partial charge is 0.356 e. The Kier molecular flexibility index (Phi) is 6.87. The molecule has 1 amide bonds. The second kappa shape index (κ2) is 8.43. The SMILES string of the molecule is CN=C(NCCC(=O)N(C)C)NCc1ccccc1Cl. The van der Waals surface area contributed by atoms with Crippen molar-refractivity contribution in [3.63, 3.8) is 0 Å². The first kappa shape index (κ1) is 16.3. The van der Waals surface area contributed by atoms with Gasteiger partial charge in [-0.15, -0.1) is 0 Å². The smallest absolute Gasteiger partial charge is 0.223 e. The predicted octanol–water partition coefficient (Wildman–Crippen LogP) is 1.48. The van der Waals surface area contributed by atoms with Crippen LogP contribution in [0.2, 0.25) is 5.02 Å². The maximum absolute atomic E-state index is 11.4. The summed E-state index contributed by atoms with van der Waals surface area (Å²) in [6.45, 7) is 1.13. The van der Waals surface area contributed by atoms with E-state index in [9.17, 15) is 4.79 Å². The Bertz CT molecular complexity index is 474. The lowest BCUT2D eigenvalue weighted by Gasteiger charge is -2.14. The second-order valence-electron chi connectivity index (χ2n) is 4.48. The molecule has 0 fully saturated rings. The van der Waals surface area contributed by atoms with Gasteiger partial charge in [0, 0.05) is 45.7 Å². The summed E-state index contributed by atoms with van der Waals surface area (Å²) in [5, 5.41) is 6.97. The first-order valence-electron chi connectivity index (χ1n) is 6.42. The molecule has 5 nitrogen and oxygen atoms in total. The molecule has 1 rings (SSSR count). The van der Waals surface area contributed by atoms with Gasteiger partial charge in [-0.3, -0.25) is 9.79 Å². The van der Waals surface area contributed by atoms with Gasteiger partial charge in [-0.25, -0.2) is 0 Å². The molecule has 0 aliphatic carbocycles. The predicted molar refractivity (Wildman–Crippen MR) is 83.0 cm³/mol. The highest BCUT2D eigenvalue weighted by Gasteiger charge is 2.05. The molecule has 0 aliphatic rings. The molecule has 6 heteroatoms. The number of guanidine groups is 1. The lowest BCUT2D eigenvalue weighted by Crippen LogP contribution is -2.38. The zero-order valence-corrected chi connectivity index (χ0v) is 12.9. The van der Waals surface area contributed by atoms with Gasteiger partial charge in [-0.2, -0.15) is 0 Å². The zero-order valence-electron chi connectivity index (χ0n) is 12.1. The molecule has 0 spiro atoms. The van der Waals surface area contributed by atoms with Crippen molar-refractivity contribution < 1.29 is 4.79 Å². The minimum atomic E-state index is 0.0825. The quantitative estimate of drug-likeness (QED) is 0.639. The molecule has 0 saturated carbocycles. The van der Waals surface area contributed by atoms with E-state index < -0.39 is 0 Å². The maximum atomic E-state index is 11.4. The van der Waals surface area contributed by atoms with Gasteiger partial charge in [-0.05, 0) is 11.6 Å². The van der Waals surface area contributed by atoms with Gasteiger partial charge in [0.2, 0.25) is 5.91 Å². The van der Waals surface area contributed by atoms with Crippen molar-refractivity contribution in [2.75, 3.05) is 27.7 Å². The van der Waals surface area contributed by atoms with E-state index in [2.05, 4.69) is 15.6 Å². The minimum absolute atomic E-state index is 0.0825. The summed E-state index contributed by atoms with van der Waals surface area (Å²) in [6, 6.07) is 7.64. The van der Waals surface area contributed by atoms with Crippen LogP contribution in [-0.4, -0.2) is 44.5 Å². The molecule has 1 aromatic rings. The molecule has 2 N–H and O–H groups in total. The summed E-state index contributed by atoms with van der Waals surface area (Å²) in [5.41, 5.74) is 1.00. The van der Waals surface area contributed by atoms with Crippen molar-refractivity contribution in [1.82, 2.24) is 15.5 Å². The monoisotopic (exact) mass is 296 g/mol. The number of carbonyl (C=O) groups is 1. The third-order valence-corrected chi connectivity index (χ3v) is 3.13. The first-order valence-corrected chi connectivity index (χ1v) is 6.80. The Morgan fingerprint density at radius 2 is 2.00 bits per heavy atom. The van der Waals surface area contributed by atoms with Crippen molar-refractivity contribution in [2.45, 2.75) is 13.0 Å². The van der Waals surface area contributed by atoms with Crippen LogP contribution in [0.4, 0.5) is 0 Å². The Morgan fingerprint density at radius 3 is 2.60 bits per heavy atom. The highest BCUT2D eigenvalue weighted by molar-refractivity contribution is 6.31. The summed E-state index contributed by atoms with van der Waals surface area (Å²) in [6.07, 6.45) is 0.430. The molecule has 0 saturated heterocycles. The van der Waals surface area contributed by atoms with E-state index in [4.69, 9.17) is 11.6 Å². The second-order valence-corrected chi connectivity index (χ2v) is 4.89. The van der Waals surface area contributed by atoms with Gasteiger partial charge in [0.1, 0.15) is 0 Å². The highest BCUT2D eigenvalue weighted by Crippen LogP contribution is 2.14. The molecule has 20 heavy (non-hydrogen) atoms. The fraction of sp³-hybridized carbons (Fsp3) is 0.429. The molecular weight excluding hydrogens is 276 g/mol. The summed E-state index contributed by atoms with van der Waals surface area (Å²) < 4.78 is 0. The first-order chi connectivity index (χ1) is 9.54. The van der Waals surface area contributed by atoms with Crippen LogP contribution in [0, 0.1) is 0 Å². The van der Waals surface area contributed by atoms with E-state index in [1.54, 1.807) is 26.0 Å². The van der Waals surface area contributed by atoms with Crippen LogP contribution in [0.15, 0.2) is 29.3 Å². The third-order valence-electron chi connectivity index (χ3n) is 2.76. The van der Waals surface area contributed by atoms with E-state index in [0.29, 0.717) is 25.5 Å². The van der Waals surface area contributed by atoms with Crippen LogP contribution in [-0.2, 0) is 11.3 Å².